The predicted octanol–water partition coefficient (Wildman–Crippen LogP) is 0.578. The maximum atomic E-state index is 11.3. The van der Waals surface area contributed by atoms with Crippen LogP contribution in [0.4, 0.5) is 0 Å². The first kappa shape index (κ1) is 10.1. The van der Waals surface area contributed by atoms with E-state index in [1.54, 1.807) is 12.2 Å². The van der Waals surface area contributed by atoms with Crippen molar-refractivity contribution in [3.8, 4) is 0 Å². The molecule has 0 atom stereocenters. The Labute approximate surface area is 81.5 Å². The van der Waals surface area contributed by atoms with Crippen molar-refractivity contribution in [2.24, 2.45) is 0 Å². The van der Waals surface area contributed by atoms with Crippen LogP contribution in [0.25, 0.3) is 0 Å². The van der Waals surface area contributed by atoms with Crippen LogP contribution in [0.3, 0.4) is 0 Å². The van der Waals surface area contributed by atoms with E-state index in [0.29, 0.717) is 4.91 Å². The molecule has 1 rings (SSSR count). The van der Waals surface area contributed by atoms with Crippen LogP contribution in [0.1, 0.15) is 0 Å². The summed E-state index contributed by atoms with van der Waals surface area (Å²) < 4.78 is 26.4. The van der Waals surface area contributed by atoms with Crippen LogP contribution in [0.2, 0.25) is 0 Å². The molecule has 0 aliphatic carbocycles. The molecular weight excluding hydrogens is 291 g/mol. The predicted molar refractivity (Wildman–Crippen MR) is 58.2 cm³/mol. The fraction of sp³-hybridized carbons (Fsp3) is 0.286. The summed E-state index contributed by atoms with van der Waals surface area (Å²) in [5, 5.41) is 8.50. The molecule has 0 radical (unpaired) electrons. The van der Waals surface area contributed by atoms with Gasteiger partial charge in [-0.25, -0.2) is 8.42 Å². The van der Waals surface area contributed by atoms with Crippen molar-refractivity contribution >= 4 is 34.6 Å². The molecule has 1 aliphatic rings. The highest BCUT2D eigenvalue weighted by molar-refractivity contribution is 14.2. The van der Waals surface area contributed by atoms with Gasteiger partial charge in [0.2, 0.25) is 0 Å². The second-order valence-electron chi connectivity index (χ2n) is 2.16. The highest BCUT2D eigenvalue weighted by atomic mass is 127. The maximum Gasteiger partial charge on any atom is 0.180 e. The number of rotatable bonds is 3. The summed E-state index contributed by atoms with van der Waals surface area (Å²) in [5.74, 6) is -0.185. The zero-order chi connectivity index (χ0) is 9.03. The van der Waals surface area contributed by atoms with Gasteiger partial charge in [-0.05, 0) is 20.2 Å². The van der Waals surface area contributed by atoms with Gasteiger partial charge in [0.1, 0.15) is 0 Å². The van der Waals surface area contributed by atoms with E-state index in [-0.39, 0.29) is 33.1 Å². The van der Waals surface area contributed by atoms with Crippen LogP contribution in [-0.2, 0) is 9.84 Å². The Morgan fingerprint density at radius 1 is 1.50 bits per heavy atom. The summed E-state index contributed by atoms with van der Waals surface area (Å²) in [6.07, 6.45) is 3.25. The second kappa shape index (κ2) is 4.29. The number of halogens is 1. The van der Waals surface area contributed by atoms with Gasteiger partial charge in [0.25, 0.3) is 0 Å². The molecule has 68 valence electrons. The van der Waals surface area contributed by atoms with Gasteiger partial charge < -0.3 is 5.11 Å². The molecule has 1 N–H and O–H groups in total. The fourth-order valence-corrected chi connectivity index (χ4v) is 3.68. The third kappa shape index (κ3) is 2.49. The summed E-state index contributed by atoms with van der Waals surface area (Å²) in [4.78, 5) is 0.322. The first-order chi connectivity index (χ1) is 5.67. The van der Waals surface area contributed by atoms with Gasteiger partial charge in [-0.3, -0.25) is 0 Å². The number of sulfone groups is 1. The summed E-state index contributed by atoms with van der Waals surface area (Å²) >= 11 is -0.0795. The fourth-order valence-electron chi connectivity index (χ4n) is 0.740. The molecule has 3 nitrogen and oxygen atoms in total. The van der Waals surface area contributed by atoms with Crippen molar-refractivity contribution in [1.82, 2.24) is 0 Å². The molecule has 0 amide bonds. The lowest BCUT2D eigenvalue weighted by Crippen LogP contribution is -2.11. The first-order valence-corrected chi connectivity index (χ1v) is 7.47. The van der Waals surface area contributed by atoms with Gasteiger partial charge >= 0.3 is 0 Å². The molecule has 5 heteroatoms. The van der Waals surface area contributed by atoms with Crippen LogP contribution < -0.4 is 0 Å². The largest absolute Gasteiger partial charge is 0.395 e. The normalized spacial score (nSPS) is 16.9. The number of aliphatic hydroxyl groups excluding tert-OH is 1. The van der Waals surface area contributed by atoms with Crippen molar-refractivity contribution < 1.29 is 13.5 Å². The number of allylic oxidation sites excluding steroid dienone is 2. The Morgan fingerprint density at radius 3 is 2.75 bits per heavy atom. The third-order valence-electron chi connectivity index (χ3n) is 1.32. The average molecular weight is 300 g/mol. The molecule has 0 bridgehead atoms. The highest BCUT2D eigenvalue weighted by Gasteiger charge is 2.14. The highest BCUT2D eigenvalue weighted by Crippen LogP contribution is 2.15. The van der Waals surface area contributed by atoms with Crippen molar-refractivity contribution in [2.45, 2.75) is 0 Å². The smallest absolute Gasteiger partial charge is 0.180 e. The van der Waals surface area contributed by atoms with E-state index in [2.05, 4.69) is 0 Å². The van der Waals surface area contributed by atoms with E-state index in [9.17, 15) is 8.42 Å². The van der Waals surface area contributed by atoms with Crippen LogP contribution in [0.15, 0.2) is 21.1 Å². The van der Waals surface area contributed by atoms with E-state index in [0.717, 1.165) is 0 Å². The molecule has 0 aromatic heterocycles. The molecule has 0 saturated heterocycles. The van der Waals surface area contributed by atoms with Gasteiger partial charge in [-0.15, -0.1) is 0 Å². The molecule has 0 aromatic rings. The van der Waals surface area contributed by atoms with Crippen LogP contribution >= 0.6 is 20.7 Å². The van der Waals surface area contributed by atoms with Crippen molar-refractivity contribution in [1.29, 1.82) is 0 Å². The summed E-state index contributed by atoms with van der Waals surface area (Å²) in [6.45, 7) is -0.317. The Morgan fingerprint density at radius 2 is 2.25 bits per heavy atom. The Hall–Kier alpha value is -0.0100. The zero-order valence-electron chi connectivity index (χ0n) is 6.27. The van der Waals surface area contributed by atoms with Gasteiger partial charge in [0.05, 0.1) is 17.3 Å². The Kier molecular flexibility index (Phi) is 3.60. The Balaban J connectivity index is 2.90. The lowest BCUT2D eigenvalue weighted by atomic mass is 10.5. The minimum absolute atomic E-state index is 0.0795. The summed E-state index contributed by atoms with van der Waals surface area (Å²) in [7, 11) is -3.22. The monoisotopic (exact) mass is 300 g/mol. The standard InChI is InChI=1S/C7H9IO3S/c9-5-6-12(10,11)7-1-3-8-4-2-7/h1-4,9H,5-6H2. The SMILES string of the molecule is O=S(=O)(CCO)C1=CC=IC=C1. The van der Waals surface area contributed by atoms with Crippen molar-refractivity contribution in [3.05, 3.63) is 21.1 Å². The van der Waals surface area contributed by atoms with Gasteiger partial charge in [0, 0.05) is 0 Å². The van der Waals surface area contributed by atoms with Crippen LogP contribution in [0, 0.1) is 0 Å². The summed E-state index contributed by atoms with van der Waals surface area (Å²) in [5.41, 5.74) is 0. The molecular formula is C7H9IO3S. The zero-order valence-corrected chi connectivity index (χ0v) is 9.25. The summed E-state index contributed by atoms with van der Waals surface area (Å²) in [6, 6.07) is 0. The lowest BCUT2D eigenvalue weighted by molar-refractivity contribution is 0.320. The van der Waals surface area contributed by atoms with Crippen LogP contribution in [0.5, 0.6) is 0 Å². The molecule has 0 spiro atoms. The number of aliphatic hydroxyl groups is 1. The molecule has 12 heavy (non-hydrogen) atoms. The molecule has 0 unspecified atom stereocenters. The number of hydrogen-bond acceptors (Lipinski definition) is 3. The van der Waals surface area contributed by atoms with Gasteiger partial charge in [-0.1, -0.05) is 20.7 Å². The van der Waals surface area contributed by atoms with Crippen molar-refractivity contribution in [2.75, 3.05) is 12.4 Å². The van der Waals surface area contributed by atoms with E-state index in [4.69, 9.17) is 5.11 Å². The van der Waals surface area contributed by atoms with Gasteiger partial charge in [0.15, 0.2) is 9.84 Å². The minimum Gasteiger partial charge on any atom is -0.395 e. The van der Waals surface area contributed by atoms with Crippen molar-refractivity contribution in [3.63, 3.8) is 0 Å². The molecule has 0 aromatic carbocycles. The Bertz CT molecular complexity index is 338. The molecule has 1 aliphatic heterocycles. The molecule has 0 fully saturated rings. The first-order valence-electron chi connectivity index (χ1n) is 3.32. The second-order valence-corrected chi connectivity index (χ2v) is 6.42. The van der Waals surface area contributed by atoms with E-state index < -0.39 is 9.84 Å². The molecule has 1 heterocycles. The molecule has 0 saturated carbocycles. The van der Waals surface area contributed by atoms with E-state index in [1.807, 2.05) is 8.09 Å². The van der Waals surface area contributed by atoms with E-state index >= 15 is 0 Å². The quantitative estimate of drug-likeness (QED) is 0.776. The third-order valence-corrected chi connectivity index (χ3v) is 4.58. The van der Waals surface area contributed by atoms with Gasteiger partial charge in [-0.2, -0.15) is 0 Å². The lowest BCUT2D eigenvalue weighted by Gasteiger charge is -2.03. The van der Waals surface area contributed by atoms with Crippen LogP contribution in [-0.4, -0.2) is 29.9 Å². The average Bonchev–Trinajstić information content (AvgIpc) is 2.06. The van der Waals surface area contributed by atoms with E-state index in [1.165, 1.54) is 0 Å². The topological polar surface area (TPSA) is 54.4 Å². The number of hydrogen-bond donors (Lipinski definition) is 1. The minimum atomic E-state index is -3.22. The maximum absolute atomic E-state index is 11.3.